The van der Waals surface area contributed by atoms with Crippen LogP contribution in [-0.2, 0) is 14.3 Å². The Labute approximate surface area is 90.6 Å². The van der Waals surface area contributed by atoms with Gasteiger partial charge >= 0.3 is 5.97 Å². The van der Waals surface area contributed by atoms with Crippen LogP contribution in [-0.4, -0.2) is 37.0 Å². The minimum atomic E-state index is -0.198. The Balaban J connectivity index is 2.56. The molecule has 15 heavy (non-hydrogen) atoms. The zero-order valence-corrected chi connectivity index (χ0v) is 9.66. The van der Waals surface area contributed by atoms with Gasteiger partial charge in [-0.15, -0.1) is 0 Å². The van der Waals surface area contributed by atoms with Crippen molar-refractivity contribution in [1.82, 2.24) is 4.90 Å². The van der Waals surface area contributed by atoms with Gasteiger partial charge in [-0.2, -0.15) is 0 Å². The van der Waals surface area contributed by atoms with Crippen LogP contribution in [0, 0.1) is 11.8 Å². The quantitative estimate of drug-likeness (QED) is 0.644. The molecule has 0 aromatic carbocycles. The zero-order valence-electron chi connectivity index (χ0n) is 9.66. The van der Waals surface area contributed by atoms with Gasteiger partial charge in [0.2, 0.25) is 5.91 Å². The first-order chi connectivity index (χ1) is 7.06. The predicted octanol–water partition coefficient (Wildman–Crippen LogP) is 1.05. The lowest BCUT2D eigenvalue weighted by molar-refractivity contribution is -0.149. The van der Waals surface area contributed by atoms with Crippen molar-refractivity contribution in [3.05, 3.63) is 0 Å². The molecule has 1 unspecified atom stereocenters. The number of amides is 1. The number of nitrogens with zero attached hydrogens (tertiary/aromatic N) is 1. The highest BCUT2D eigenvalue weighted by molar-refractivity contribution is 5.79. The second-order valence-electron chi connectivity index (χ2n) is 4.30. The van der Waals surface area contributed by atoms with Crippen molar-refractivity contribution in [2.24, 2.45) is 11.8 Å². The minimum Gasteiger partial charge on any atom is -0.469 e. The predicted molar refractivity (Wildman–Crippen MR) is 56.2 cm³/mol. The topological polar surface area (TPSA) is 46.6 Å². The number of hydrogen-bond acceptors (Lipinski definition) is 3. The number of methoxy groups -OCH3 is 1. The Morgan fingerprint density at radius 2 is 2.07 bits per heavy atom. The molecular weight excluding hydrogens is 194 g/mol. The molecule has 1 atom stereocenters. The van der Waals surface area contributed by atoms with Crippen LogP contribution in [0.15, 0.2) is 0 Å². The van der Waals surface area contributed by atoms with Crippen LogP contribution in [0.1, 0.15) is 26.7 Å². The Hall–Kier alpha value is -1.06. The van der Waals surface area contributed by atoms with Crippen LogP contribution in [0.3, 0.4) is 0 Å². The number of ether oxygens (including phenoxy) is 1. The number of likely N-dealkylation sites (tertiary alicyclic amines) is 1. The molecule has 0 saturated carbocycles. The fourth-order valence-electron chi connectivity index (χ4n) is 1.90. The molecule has 1 aliphatic heterocycles. The average molecular weight is 213 g/mol. The van der Waals surface area contributed by atoms with E-state index in [1.807, 2.05) is 13.8 Å². The molecule has 0 spiro atoms. The second-order valence-corrected chi connectivity index (χ2v) is 4.30. The van der Waals surface area contributed by atoms with E-state index in [0.717, 1.165) is 19.4 Å². The molecule has 1 amide bonds. The smallest absolute Gasteiger partial charge is 0.310 e. The van der Waals surface area contributed by atoms with Gasteiger partial charge in [0.25, 0.3) is 0 Å². The summed E-state index contributed by atoms with van der Waals surface area (Å²) < 4.78 is 4.70. The maximum Gasteiger partial charge on any atom is 0.310 e. The van der Waals surface area contributed by atoms with Gasteiger partial charge in [-0.3, -0.25) is 9.59 Å². The van der Waals surface area contributed by atoms with Crippen LogP contribution in [0.4, 0.5) is 0 Å². The van der Waals surface area contributed by atoms with Gasteiger partial charge in [0.15, 0.2) is 0 Å². The first-order valence-corrected chi connectivity index (χ1v) is 5.43. The molecule has 0 aliphatic carbocycles. The zero-order chi connectivity index (χ0) is 11.4. The second kappa shape index (κ2) is 5.14. The van der Waals surface area contributed by atoms with E-state index < -0.39 is 0 Å². The lowest BCUT2D eigenvalue weighted by Gasteiger charge is -2.32. The lowest BCUT2D eigenvalue weighted by Crippen LogP contribution is -2.44. The normalized spacial score (nSPS) is 21.6. The fourth-order valence-corrected chi connectivity index (χ4v) is 1.90. The summed E-state index contributed by atoms with van der Waals surface area (Å²) in [7, 11) is 1.39. The van der Waals surface area contributed by atoms with Crippen molar-refractivity contribution in [3.8, 4) is 0 Å². The summed E-state index contributed by atoms with van der Waals surface area (Å²) in [5.74, 6) is -0.201. The van der Waals surface area contributed by atoms with E-state index in [9.17, 15) is 9.59 Å². The molecule has 1 saturated heterocycles. The molecule has 0 N–H and O–H groups in total. The van der Waals surface area contributed by atoms with Gasteiger partial charge in [0.05, 0.1) is 13.0 Å². The van der Waals surface area contributed by atoms with Gasteiger partial charge in [-0.1, -0.05) is 13.8 Å². The van der Waals surface area contributed by atoms with Crippen LogP contribution < -0.4 is 0 Å². The number of esters is 1. The summed E-state index contributed by atoms with van der Waals surface area (Å²) in [6.07, 6.45) is 1.72. The van der Waals surface area contributed by atoms with Gasteiger partial charge < -0.3 is 9.64 Å². The molecule has 0 aromatic heterocycles. The number of hydrogen-bond donors (Lipinski definition) is 0. The van der Waals surface area contributed by atoms with Crippen molar-refractivity contribution in [1.29, 1.82) is 0 Å². The molecule has 0 aromatic rings. The number of carbonyl (C=O) groups is 2. The molecule has 1 rings (SSSR count). The van der Waals surface area contributed by atoms with Gasteiger partial charge in [-0.25, -0.2) is 0 Å². The highest BCUT2D eigenvalue weighted by Crippen LogP contribution is 2.19. The molecule has 1 fully saturated rings. The van der Waals surface area contributed by atoms with Crippen LogP contribution in [0.5, 0.6) is 0 Å². The van der Waals surface area contributed by atoms with Gasteiger partial charge in [0.1, 0.15) is 0 Å². The maximum absolute atomic E-state index is 11.7. The summed E-state index contributed by atoms with van der Waals surface area (Å²) in [5.41, 5.74) is 0. The van der Waals surface area contributed by atoms with Crippen molar-refractivity contribution < 1.29 is 14.3 Å². The number of rotatable bonds is 2. The third kappa shape index (κ3) is 2.94. The van der Waals surface area contributed by atoms with Crippen molar-refractivity contribution in [2.75, 3.05) is 20.2 Å². The van der Waals surface area contributed by atoms with Crippen molar-refractivity contribution >= 4 is 11.9 Å². The summed E-state index contributed by atoms with van der Waals surface area (Å²) in [6, 6.07) is 0. The summed E-state index contributed by atoms with van der Waals surface area (Å²) in [4.78, 5) is 24.8. The van der Waals surface area contributed by atoms with E-state index in [2.05, 4.69) is 0 Å². The Bertz CT molecular complexity index is 250. The standard InChI is InChI=1S/C11H19NO3/c1-8(2)10(13)12-6-4-5-9(7-12)11(14)15-3/h8-9H,4-7H2,1-3H3. The van der Waals surface area contributed by atoms with E-state index in [1.54, 1.807) is 4.90 Å². The first kappa shape index (κ1) is 12.0. The molecule has 86 valence electrons. The highest BCUT2D eigenvalue weighted by Gasteiger charge is 2.29. The van der Waals surface area contributed by atoms with E-state index in [1.165, 1.54) is 7.11 Å². The Morgan fingerprint density at radius 3 is 2.60 bits per heavy atom. The largest absolute Gasteiger partial charge is 0.469 e. The minimum absolute atomic E-state index is 0.00129. The third-order valence-electron chi connectivity index (χ3n) is 2.76. The van der Waals surface area contributed by atoms with E-state index in [4.69, 9.17) is 4.74 Å². The van der Waals surface area contributed by atoms with E-state index in [-0.39, 0.29) is 23.7 Å². The van der Waals surface area contributed by atoms with E-state index in [0.29, 0.717) is 6.54 Å². The maximum atomic E-state index is 11.7. The molecule has 4 heteroatoms. The monoisotopic (exact) mass is 213 g/mol. The SMILES string of the molecule is COC(=O)C1CCCN(C(=O)C(C)C)C1. The number of carbonyl (C=O) groups excluding carboxylic acids is 2. The lowest BCUT2D eigenvalue weighted by atomic mass is 9.97. The fraction of sp³-hybridized carbons (Fsp3) is 0.818. The van der Waals surface area contributed by atoms with Crippen molar-refractivity contribution in [2.45, 2.75) is 26.7 Å². The molecule has 0 bridgehead atoms. The average Bonchev–Trinajstić information content (AvgIpc) is 2.27. The molecule has 4 nitrogen and oxygen atoms in total. The van der Waals surface area contributed by atoms with E-state index >= 15 is 0 Å². The molecule has 1 heterocycles. The summed E-state index contributed by atoms with van der Waals surface area (Å²) >= 11 is 0. The summed E-state index contributed by atoms with van der Waals surface area (Å²) in [6.45, 7) is 5.04. The third-order valence-corrected chi connectivity index (χ3v) is 2.76. The molecular formula is C11H19NO3. The highest BCUT2D eigenvalue weighted by atomic mass is 16.5. The number of piperidine rings is 1. The van der Waals surface area contributed by atoms with Crippen LogP contribution >= 0.6 is 0 Å². The molecule has 1 aliphatic rings. The summed E-state index contributed by atoms with van der Waals surface area (Å²) in [5, 5.41) is 0. The Kier molecular flexibility index (Phi) is 4.12. The molecule has 0 radical (unpaired) electrons. The van der Waals surface area contributed by atoms with Gasteiger partial charge in [-0.05, 0) is 12.8 Å². The van der Waals surface area contributed by atoms with Crippen LogP contribution in [0.2, 0.25) is 0 Å². The Morgan fingerprint density at radius 1 is 1.40 bits per heavy atom. The van der Waals surface area contributed by atoms with Gasteiger partial charge in [0, 0.05) is 19.0 Å². The van der Waals surface area contributed by atoms with Crippen LogP contribution in [0.25, 0.3) is 0 Å². The van der Waals surface area contributed by atoms with Crippen molar-refractivity contribution in [3.63, 3.8) is 0 Å². The first-order valence-electron chi connectivity index (χ1n) is 5.43.